The lowest BCUT2D eigenvalue weighted by atomic mass is 10.3. The van der Waals surface area contributed by atoms with Crippen LogP contribution in [0, 0.1) is 0 Å². The maximum atomic E-state index is 12.2. The van der Waals surface area contributed by atoms with Crippen LogP contribution in [0.3, 0.4) is 0 Å². The molecule has 1 heterocycles. The van der Waals surface area contributed by atoms with Crippen LogP contribution in [0.1, 0.15) is 23.6 Å². The third-order valence-electron chi connectivity index (χ3n) is 2.28. The van der Waals surface area contributed by atoms with Crippen LogP contribution >= 0.6 is 11.3 Å². The summed E-state index contributed by atoms with van der Waals surface area (Å²) in [5.41, 5.74) is 0. The van der Waals surface area contributed by atoms with Crippen molar-refractivity contribution in [2.45, 2.75) is 39.2 Å². The lowest BCUT2D eigenvalue weighted by molar-refractivity contribution is -0.143. The molecule has 0 atom stereocenters. The van der Waals surface area contributed by atoms with Crippen molar-refractivity contribution < 1.29 is 13.2 Å². The van der Waals surface area contributed by atoms with Crippen LogP contribution in [0.25, 0.3) is 0 Å². The van der Waals surface area contributed by atoms with Crippen molar-refractivity contribution >= 4 is 11.3 Å². The first-order valence-electron chi connectivity index (χ1n) is 5.82. The maximum absolute atomic E-state index is 12.2. The van der Waals surface area contributed by atoms with E-state index in [1.807, 2.05) is 12.1 Å². The third kappa shape index (κ3) is 6.37. The van der Waals surface area contributed by atoms with Crippen molar-refractivity contribution in [2.75, 3.05) is 13.6 Å². The predicted octanol–water partition coefficient (Wildman–Crippen LogP) is 3.24. The highest BCUT2D eigenvalue weighted by molar-refractivity contribution is 7.11. The molecule has 0 saturated heterocycles. The summed E-state index contributed by atoms with van der Waals surface area (Å²) in [4.78, 5) is 3.40. The normalized spacial score (nSPS) is 12.7. The van der Waals surface area contributed by atoms with Crippen molar-refractivity contribution in [2.24, 2.45) is 0 Å². The van der Waals surface area contributed by atoms with Crippen LogP contribution in [0.2, 0.25) is 0 Å². The first-order chi connectivity index (χ1) is 8.26. The van der Waals surface area contributed by atoms with Gasteiger partial charge in [0.1, 0.15) is 0 Å². The summed E-state index contributed by atoms with van der Waals surface area (Å²) in [6.45, 7) is 4.36. The summed E-state index contributed by atoms with van der Waals surface area (Å²) >= 11 is 1.56. The molecule has 0 aromatic carbocycles. The first-order valence-corrected chi connectivity index (χ1v) is 6.64. The van der Waals surface area contributed by atoms with E-state index in [9.17, 15) is 13.2 Å². The fourth-order valence-electron chi connectivity index (χ4n) is 1.54. The third-order valence-corrected chi connectivity index (χ3v) is 3.35. The predicted molar refractivity (Wildman–Crippen MR) is 68.7 cm³/mol. The highest BCUT2D eigenvalue weighted by Gasteiger charge is 2.29. The molecule has 104 valence electrons. The molecule has 0 aliphatic carbocycles. The highest BCUT2D eigenvalue weighted by Crippen LogP contribution is 2.21. The van der Waals surface area contributed by atoms with Gasteiger partial charge in [0.15, 0.2) is 0 Å². The number of alkyl halides is 3. The van der Waals surface area contributed by atoms with Crippen molar-refractivity contribution in [3.63, 3.8) is 0 Å². The Morgan fingerprint density at radius 3 is 2.44 bits per heavy atom. The molecule has 18 heavy (non-hydrogen) atoms. The largest absolute Gasteiger partial charge is 0.401 e. The van der Waals surface area contributed by atoms with E-state index in [0.29, 0.717) is 12.6 Å². The molecule has 0 saturated carbocycles. The van der Waals surface area contributed by atoms with Gasteiger partial charge in [0.05, 0.1) is 6.54 Å². The molecule has 6 heteroatoms. The van der Waals surface area contributed by atoms with Crippen molar-refractivity contribution in [3.8, 4) is 0 Å². The van der Waals surface area contributed by atoms with E-state index in [1.54, 1.807) is 11.3 Å². The van der Waals surface area contributed by atoms with Crippen LogP contribution in [0.15, 0.2) is 12.1 Å². The highest BCUT2D eigenvalue weighted by atomic mass is 32.1. The molecule has 0 aliphatic heterocycles. The first kappa shape index (κ1) is 15.5. The molecule has 0 aliphatic rings. The summed E-state index contributed by atoms with van der Waals surface area (Å²) in [7, 11) is 1.49. The van der Waals surface area contributed by atoms with Gasteiger partial charge >= 0.3 is 6.18 Å². The van der Waals surface area contributed by atoms with Crippen LogP contribution in [0.4, 0.5) is 13.2 Å². The average molecular weight is 280 g/mol. The fourth-order valence-corrected chi connectivity index (χ4v) is 2.58. The number of halogens is 3. The van der Waals surface area contributed by atoms with Crippen molar-refractivity contribution in [3.05, 3.63) is 21.9 Å². The molecule has 0 bridgehead atoms. The van der Waals surface area contributed by atoms with E-state index in [0.717, 1.165) is 16.3 Å². The van der Waals surface area contributed by atoms with E-state index >= 15 is 0 Å². The van der Waals surface area contributed by atoms with Gasteiger partial charge in [-0.2, -0.15) is 13.2 Å². The second-order valence-electron chi connectivity index (χ2n) is 4.69. The molecular formula is C12H19F3N2S. The zero-order valence-corrected chi connectivity index (χ0v) is 11.7. The van der Waals surface area contributed by atoms with Crippen LogP contribution in [-0.4, -0.2) is 30.7 Å². The molecule has 0 fully saturated rings. The summed E-state index contributed by atoms with van der Waals surface area (Å²) in [6, 6.07) is 4.27. The van der Waals surface area contributed by atoms with Crippen LogP contribution in [0.5, 0.6) is 0 Å². The summed E-state index contributed by atoms with van der Waals surface area (Å²) in [5.74, 6) is 0. The van der Waals surface area contributed by atoms with Crippen molar-refractivity contribution in [1.82, 2.24) is 10.2 Å². The summed E-state index contributed by atoms with van der Waals surface area (Å²) < 4.78 is 36.5. The van der Waals surface area contributed by atoms with Crippen molar-refractivity contribution in [1.29, 1.82) is 0 Å². The number of hydrogen-bond acceptors (Lipinski definition) is 3. The molecule has 0 spiro atoms. The zero-order chi connectivity index (χ0) is 13.8. The fraction of sp³-hybridized carbons (Fsp3) is 0.667. The number of hydrogen-bond donors (Lipinski definition) is 1. The Bertz CT molecular complexity index is 360. The Hall–Kier alpha value is -0.590. The van der Waals surface area contributed by atoms with E-state index in [4.69, 9.17) is 0 Å². The minimum absolute atomic E-state index is 0.339. The molecule has 1 aromatic heterocycles. The Morgan fingerprint density at radius 1 is 1.28 bits per heavy atom. The Labute approximate surface area is 110 Å². The molecule has 0 unspecified atom stereocenters. The Morgan fingerprint density at radius 2 is 1.89 bits per heavy atom. The topological polar surface area (TPSA) is 15.3 Å². The lowest BCUT2D eigenvalue weighted by Crippen LogP contribution is -2.30. The van der Waals surface area contributed by atoms with Gasteiger partial charge in [-0.25, -0.2) is 0 Å². The summed E-state index contributed by atoms with van der Waals surface area (Å²) in [5, 5.41) is 3.28. The molecule has 1 N–H and O–H groups in total. The number of nitrogens with zero attached hydrogens (tertiary/aromatic N) is 1. The van der Waals surface area contributed by atoms with Gasteiger partial charge < -0.3 is 5.32 Å². The number of nitrogens with one attached hydrogen (secondary N) is 1. The van der Waals surface area contributed by atoms with Gasteiger partial charge in [0.2, 0.25) is 0 Å². The standard InChI is InChI=1S/C12H19F3N2S/c1-9(2)16-6-10-4-5-11(18-10)7-17(3)8-12(13,14)15/h4-5,9,16H,6-8H2,1-3H3. The number of rotatable bonds is 6. The van der Waals surface area contributed by atoms with Gasteiger partial charge in [0, 0.05) is 28.9 Å². The van der Waals surface area contributed by atoms with Gasteiger partial charge in [-0.15, -0.1) is 11.3 Å². The average Bonchev–Trinajstić information content (AvgIpc) is 2.59. The molecule has 0 radical (unpaired) electrons. The molecule has 0 amide bonds. The maximum Gasteiger partial charge on any atom is 0.401 e. The Kier molecular flexibility index (Phi) is 5.62. The van der Waals surface area contributed by atoms with E-state index < -0.39 is 12.7 Å². The smallest absolute Gasteiger partial charge is 0.310 e. The summed E-state index contributed by atoms with van der Waals surface area (Å²) in [6.07, 6.45) is -4.13. The second kappa shape index (κ2) is 6.54. The van der Waals surface area contributed by atoms with E-state index in [2.05, 4.69) is 19.2 Å². The van der Waals surface area contributed by atoms with Crippen LogP contribution < -0.4 is 5.32 Å². The van der Waals surface area contributed by atoms with E-state index in [-0.39, 0.29) is 0 Å². The molecule has 2 nitrogen and oxygen atoms in total. The van der Waals surface area contributed by atoms with Crippen LogP contribution in [-0.2, 0) is 13.1 Å². The van der Waals surface area contributed by atoms with Gasteiger partial charge in [-0.3, -0.25) is 4.90 Å². The minimum atomic E-state index is -4.13. The Balaban J connectivity index is 2.43. The van der Waals surface area contributed by atoms with Gasteiger partial charge in [-0.05, 0) is 19.2 Å². The lowest BCUT2D eigenvalue weighted by Gasteiger charge is -2.17. The molecular weight excluding hydrogens is 261 g/mol. The molecule has 1 rings (SSSR count). The minimum Gasteiger partial charge on any atom is -0.310 e. The number of thiophene rings is 1. The monoisotopic (exact) mass is 280 g/mol. The van der Waals surface area contributed by atoms with Gasteiger partial charge in [0.25, 0.3) is 0 Å². The SMILES string of the molecule is CC(C)NCc1ccc(CN(C)CC(F)(F)F)s1. The quantitative estimate of drug-likeness (QED) is 0.860. The second-order valence-corrected chi connectivity index (χ2v) is 5.94. The van der Waals surface area contributed by atoms with Gasteiger partial charge in [-0.1, -0.05) is 13.8 Å². The van der Waals surface area contributed by atoms with E-state index in [1.165, 1.54) is 11.9 Å². The molecule has 1 aromatic rings. The zero-order valence-electron chi connectivity index (χ0n) is 10.8.